The zero-order valence-corrected chi connectivity index (χ0v) is 15.6. The SMILES string of the molecule is COc1ccccc1/C=C/CN1CCC(=O)N(Cc2ccccc2F)CC1. The van der Waals surface area contributed by atoms with Crippen LogP contribution in [0.4, 0.5) is 4.39 Å². The molecule has 1 aliphatic rings. The van der Waals surface area contributed by atoms with Crippen molar-refractivity contribution < 1.29 is 13.9 Å². The van der Waals surface area contributed by atoms with Crippen LogP contribution >= 0.6 is 0 Å². The number of halogens is 1. The van der Waals surface area contributed by atoms with Gasteiger partial charge >= 0.3 is 0 Å². The fourth-order valence-electron chi connectivity index (χ4n) is 3.23. The van der Waals surface area contributed by atoms with Crippen LogP contribution in [-0.4, -0.2) is 49.0 Å². The number of hydrogen-bond donors (Lipinski definition) is 0. The lowest BCUT2D eigenvalue weighted by molar-refractivity contribution is -0.131. The first kappa shape index (κ1) is 19.1. The summed E-state index contributed by atoms with van der Waals surface area (Å²) >= 11 is 0. The quantitative estimate of drug-likeness (QED) is 0.781. The summed E-state index contributed by atoms with van der Waals surface area (Å²) in [5.74, 6) is 0.663. The summed E-state index contributed by atoms with van der Waals surface area (Å²) in [5.41, 5.74) is 1.60. The van der Waals surface area contributed by atoms with Crippen molar-refractivity contribution in [3.63, 3.8) is 0 Å². The molecule has 0 bridgehead atoms. The van der Waals surface area contributed by atoms with E-state index in [1.54, 1.807) is 30.2 Å². The van der Waals surface area contributed by atoms with Crippen LogP contribution in [0.5, 0.6) is 5.75 Å². The maximum absolute atomic E-state index is 13.9. The minimum Gasteiger partial charge on any atom is -0.496 e. The summed E-state index contributed by atoms with van der Waals surface area (Å²) in [7, 11) is 1.66. The third kappa shape index (κ3) is 5.17. The van der Waals surface area contributed by atoms with E-state index >= 15 is 0 Å². The molecule has 27 heavy (non-hydrogen) atoms. The van der Waals surface area contributed by atoms with Gasteiger partial charge in [-0.25, -0.2) is 4.39 Å². The average molecular weight is 368 g/mol. The Kier molecular flexibility index (Phi) is 6.60. The minimum absolute atomic E-state index is 0.0782. The van der Waals surface area contributed by atoms with Crippen molar-refractivity contribution in [2.45, 2.75) is 13.0 Å². The maximum Gasteiger partial charge on any atom is 0.224 e. The Morgan fingerprint density at radius 3 is 2.67 bits per heavy atom. The van der Waals surface area contributed by atoms with Crippen LogP contribution in [0.15, 0.2) is 54.6 Å². The van der Waals surface area contributed by atoms with Gasteiger partial charge < -0.3 is 9.64 Å². The Morgan fingerprint density at radius 1 is 1.07 bits per heavy atom. The molecule has 4 nitrogen and oxygen atoms in total. The Hall–Kier alpha value is -2.66. The molecule has 2 aromatic carbocycles. The molecule has 1 aliphatic heterocycles. The van der Waals surface area contributed by atoms with Crippen molar-refractivity contribution in [2.24, 2.45) is 0 Å². The second-order valence-corrected chi connectivity index (χ2v) is 6.60. The molecule has 0 saturated carbocycles. The molecule has 0 atom stereocenters. The predicted molar refractivity (Wildman–Crippen MR) is 105 cm³/mol. The summed E-state index contributed by atoms with van der Waals surface area (Å²) < 4.78 is 19.2. The molecule has 1 amide bonds. The number of nitrogens with zero attached hydrogens (tertiary/aromatic N) is 2. The molecule has 0 unspecified atom stereocenters. The van der Waals surface area contributed by atoms with Crippen molar-refractivity contribution in [1.29, 1.82) is 0 Å². The summed E-state index contributed by atoms with van der Waals surface area (Å²) in [6.45, 7) is 3.18. The number of hydrogen-bond acceptors (Lipinski definition) is 3. The van der Waals surface area contributed by atoms with Gasteiger partial charge in [0.2, 0.25) is 5.91 Å². The zero-order valence-electron chi connectivity index (χ0n) is 15.6. The van der Waals surface area contributed by atoms with Gasteiger partial charge in [-0.3, -0.25) is 9.69 Å². The third-order valence-electron chi connectivity index (χ3n) is 4.80. The summed E-state index contributed by atoms with van der Waals surface area (Å²) in [5, 5.41) is 0. The van der Waals surface area contributed by atoms with E-state index in [9.17, 15) is 9.18 Å². The molecule has 0 aromatic heterocycles. The van der Waals surface area contributed by atoms with Crippen LogP contribution in [0.25, 0.3) is 6.08 Å². The van der Waals surface area contributed by atoms with Crippen LogP contribution in [0.2, 0.25) is 0 Å². The van der Waals surface area contributed by atoms with Crippen molar-refractivity contribution in [3.05, 3.63) is 71.6 Å². The Bertz CT molecular complexity index is 806. The van der Waals surface area contributed by atoms with E-state index in [4.69, 9.17) is 4.74 Å². The van der Waals surface area contributed by atoms with E-state index in [2.05, 4.69) is 11.0 Å². The van der Waals surface area contributed by atoms with Gasteiger partial charge in [-0.1, -0.05) is 48.6 Å². The monoisotopic (exact) mass is 368 g/mol. The molecule has 0 spiro atoms. The molecule has 0 aliphatic carbocycles. The Morgan fingerprint density at radius 2 is 1.85 bits per heavy atom. The van der Waals surface area contributed by atoms with Crippen LogP contribution in [0.1, 0.15) is 17.5 Å². The number of amides is 1. The highest BCUT2D eigenvalue weighted by atomic mass is 19.1. The number of carbonyl (C=O) groups excluding carboxylic acids is 1. The minimum atomic E-state index is -0.258. The highest BCUT2D eigenvalue weighted by molar-refractivity contribution is 5.76. The maximum atomic E-state index is 13.9. The fraction of sp³-hybridized carbons (Fsp3) is 0.318. The highest BCUT2D eigenvalue weighted by Crippen LogP contribution is 2.19. The Balaban J connectivity index is 1.57. The molecule has 1 fully saturated rings. The second kappa shape index (κ2) is 9.33. The van der Waals surface area contributed by atoms with Gasteiger partial charge in [0, 0.05) is 50.3 Å². The molecule has 3 rings (SSSR count). The molecule has 142 valence electrons. The average Bonchev–Trinajstić information content (AvgIpc) is 2.86. The lowest BCUT2D eigenvalue weighted by Crippen LogP contribution is -2.33. The topological polar surface area (TPSA) is 32.8 Å². The van der Waals surface area contributed by atoms with Gasteiger partial charge in [0.25, 0.3) is 0 Å². The third-order valence-corrected chi connectivity index (χ3v) is 4.80. The van der Waals surface area contributed by atoms with Gasteiger partial charge in [0.05, 0.1) is 7.11 Å². The van der Waals surface area contributed by atoms with Crippen LogP contribution in [-0.2, 0) is 11.3 Å². The van der Waals surface area contributed by atoms with Crippen LogP contribution in [0.3, 0.4) is 0 Å². The van der Waals surface area contributed by atoms with E-state index in [1.165, 1.54) is 6.07 Å². The van der Waals surface area contributed by atoms with E-state index in [-0.39, 0.29) is 11.7 Å². The molecule has 1 heterocycles. The lowest BCUT2D eigenvalue weighted by atomic mass is 10.2. The number of ether oxygens (including phenoxy) is 1. The van der Waals surface area contributed by atoms with Crippen molar-refractivity contribution in [3.8, 4) is 5.75 Å². The van der Waals surface area contributed by atoms with E-state index < -0.39 is 0 Å². The summed E-state index contributed by atoms with van der Waals surface area (Å²) in [6, 6.07) is 14.5. The lowest BCUT2D eigenvalue weighted by Gasteiger charge is -2.21. The van der Waals surface area contributed by atoms with Crippen molar-refractivity contribution in [1.82, 2.24) is 9.80 Å². The van der Waals surface area contributed by atoms with E-state index in [1.807, 2.05) is 30.3 Å². The normalized spacial score (nSPS) is 15.9. The molecule has 5 heteroatoms. The van der Waals surface area contributed by atoms with Crippen molar-refractivity contribution >= 4 is 12.0 Å². The van der Waals surface area contributed by atoms with Crippen LogP contribution < -0.4 is 4.74 Å². The smallest absolute Gasteiger partial charge is 0.224 e. The fourth-order valence-corrected chi connectivity index (χ4v) is 3.23. The first-order chi connectivity index (χ1) is 13.2. The number of carbonyl (C=O) groups is 1. The molecular formula is C22H25FN2O2. The number of rotatable bonds is 6. The molecule has 0 radical (unpaired) electrons. The zero-order chi connectivity index (χ0) is 19.1. The first-order valence-corrected chi connectivity index (χ1v) is 9.20. The molecular weight excluding hydrogens is 343 g/mol. The van der Waals surface area contributed by atoms with Gasteiger partial charge in [-0.2, -0.15) is 0 Å². The standard InChI is InChI=1S/C22H25FN2O2/c1-27-21-11-5-3-7-18(21)9-6-13-24-14-12-22(26)25(16-15-24)17-19-8-2-4-10-20(19)23/h2-11H,12-17H2,1H3/b9-6+. The predicted octanol–water partition coefficient (Wildman–Crippen LogP) is 3.58. The van der Waals surface area contributed by atoms with Gasteiger partial charge in [-0.05, 0) is 12.1 Å². The van der Waals surface area contributed by atoms with Crippen molar-refractivity contribution in [2.75, 3.05) is 33.3 Å². The number of methoxy groups -OCH3 is 1. The van der Waals surface area contributed by atoms with E-state index in [0.717, 1.165) is 24.4 Å². The van der Waals surface area contributed by atoms with Gasteiger partial charge in [0.15, 0.2) is 0 Å². The summed E-state index contributed by atoms with van der Waals surface area (Å²) in [4.78, 5) is 16.4. The molecule has 1 saturated heterocycles. The Labute approximate surface area is 159 Å². The van der Waals surface area contributed by atoms with Gasteiger partial charge in [0.1, 0.15) is 11.6 Å². The molecule has 0 N–H and O–H groups in total. The largest absolute Gasteiger partial charge is 0.496 e. The number of para-hydroxylation sites is 1. The van der Waals surface area contributed by atoms with Gasteiger partial charge in [-0.15, -0.1) is 0 Å². The molecule has 2 aromatic rings. The second-order valence-electron chi connectivity index (χ2n) is 6.60. The summed E-state index contributed by atoms with van der Waals surface area (Å²) in [6.07, 6.45) is 4.59. The van der Waals surface area contributed by atoms with Crippen LogP contribution in [0, 0.1) is 5.82 Å². The first-order valence-electron chi connectivity index (χ1n) is 9.20. The van der Waals surface area contributed by atoms with E-state index in [0.29, 0.717) is 31.6 Å². The number of benzene rings is 2. The highest BCUT2D eigenvalue weighted by Gasteiger charge is 2.21.